The summed E-state index contributed by atoms with van der Waals surface area (Å²) in [7, 11) is 0. The Kier molecular flexibility index (Phi) is 2.78. The average Bonchev–Trinajstić information content (AvgIpc) is 1.96. The van der Waals surface area contributed by atoms with Gasteiger partial charge in [0.05, 0.1) is 0 Å². The van der Waals surface area contributed by atoms with E-state index < -0.39 is 0 Å². The number of hydrogen-bond acceptors (Lipinski definition) is 0. The van der Waals surface area contributed by atoms with Gasteiger partial charge in [0.15, 0.2) is 0 Å². The molecule has 0 saturated heterocycles. The van der Waals surface area contributed by atoms with Gasteiger partial charge < -0.3 is 0 Å². The summed E-state index contributed by atoms with van der Waals surface area (Å²) in [5.41, 5.74) is 4.71. The Hall–Kier alpha value is -0.930. The van der Waals surface area contributed by atoms with Gasteiger partial charge in [-0.15, -0.1) is 0 Å². The van der Waals surface area contributed by atoms with E-state index in [1.807, 2.05) is 0 Å². The van der Waals surface area contributed by atoms with Crippen molar-refractivity contribution < 1.29 is 0 Å². The maximum absolute atomic E-state index is 5.36. The minimum atomic E-state index is 1.05. The van der Waals surface area contributed by atoms with E-state index in [4.69, 9.17) is 11.6 Å². The topological polar surface area (TPSA) is 0 Å². The molecule has 1 aromatic rings. The lowest BCUT2D eigenvalue weighted by atomic mass is 10.0. The van der Waals surface area contributed by atoms with Crippen molar-refractivity contribution >= 4 is 11.6 Å². The first-order valence-corrected chi connectivity index (χ1v) is 4.22. The van der Waals surface area contributed by atoms with Gasteiger partial charge >= 0.3 is 0 Å². The molecule has 0 aliphatic heterocycles. The van der Waals surface area contributed by atoms with E-state index in [1.165, 1.54) is 16.7 Å². The number of halogens is 1. The molecule has 0 unspecified atom stereocenters. The molecule has 0 aliphatic carbocycles. The number of rotatable bonds is 0. The maximum Gasteiger partial charge on any atom is 0.0316 e. The highest BCUT2D eigenvalue weighted by Crippen LogP contribution is 2.14. The standard InChI is InChI=1S/C11H11Cl/c1-8-6-9(2)11(4-5-12)10(3)7-8/h6-7H,1-3H3. The van der Waals surface area contributed by atoms with E-state index in [1.54, 1.807) is 0 Å². The summed E-state index contributed by atoms with van der Waals surface area (Å²) in [5.74, 6) is 2.89. The van der Waals surface area contributed by atoms with Crippen molar-refractivity contribution in [3.05, 3.63) is 34.4 Å². The van der Waals surface area contributed by atoms with Gasteiger partial charge in [-0.25, -0.2) is 0 Å². The molecule has 0 fully saturated rings. The molecular weight excluding hydrogens is 168 g/mol. The fourth-order valence-corrected chi connectivity index (χ4v) is 1.52. The summed E-state index contributed by atoms with van der Waals surface area (Å²) in [6.07, 6.45) is 0. The lowest BCUT2D eigenvalue weighted by Crippen LogP contribution is -1.88. The third-order valence-electron chi connectivity index (χ3n) is 1.85. The number of hydrogen-bond donors (Lipinski definition) is 0. The minimum Gasteiger partial charge on any atom is -0.0551 e. The van der Waals surface area contributed by atoms with E-state index in [9.17, 15) is 0 Å². The van der Waals surface area contributed by atoms with Gasteiger partial charge in [-0.05, 0) is 49.4 Å². The second-order valence-corrected chi connectivity index (χ2v) is 3.18. The molecule has 0 radical (unpaired) electrons. The van der Waals surface area contributed by atoms with Gasteiger partial charge in [0, 0.05) is 10.9 Å². The summed E-state index contributed by atoms with van der Waals surface area (Å²) in [6, 6.07) is 4.23. The highest BCUT2D eigenvalue weighted by Gasteiger charge is 1.99. The van der Waals surface area contributed by atoms with Crippen LogP contribution in [0, 0.1) is 32.1 Å². The van der Waals surface area contributed by atoms with Gasteiger partial charge in [-0.3, -0.25) is 0 Å². The Labute approximate surface area is 78.6 Å². The SMILES string of the molecule is Cc1cc(C)c(C#CCl)c(C)c1. The summed E-state index contributed by atoms with van der Waals surface area (Å²) in [5, 5.41) is 2.41. The molecule has 0 saturated carbocycles. The third kappa shape index (κ3) is 1.81. The zero-order chi connectivity index (χ0) is 9.14. The van der Waals surface area contributed by atoms with Crippen LogP contribution in [0.3, 0.4) is 0 Å². The van der Waals surface area contributed by atoms with E-state index in [0.717, 1.165) is 5.56 Å². The quantitative estimate of drug-likeness (QED) is 0.536. The average molecular weight is 179 g/mol. The molecule has 0 aliphatic rings. The van der Waals surface area contributed by atoms with Crippen LogP contribution in [0.1, 0.15) is 22.3 Å². The van der Waals surface area contributed by atoms with Gasteiger partial charge in [0.1, 0.15) is 0 Å². The lowest BCUT2D eigenvalue weighted by molar-refractivity contribution is 1.30. The monoisotopic (exact) mass is 178 g/mol. The van der Waals surface area contributed by atoms with Crippen molar-refractivity contribution in [3.8, 4) is 11.3 Å². The van der Waals surface area contributed by atoms with Crippen molar-refractivity contribution in [1.29, 1.82) is 0 Å². The van der Waals surface area contributed by atoms with Crippen molar-refractivity contribution in [2.45, 2.75) is 20.8 Å². The van der Waals surface area contributed by atoms with Crippen molar-refractivity contribution in [3.63, 3.8) is 0 Å². The van der Waals surface area contributed by atoms with Gasteiger partial charge in [0.25, 0.3) is 0 Å². The van der Waals surface area contributed by atoms with Gasteiger partial charge in [-0.1, -0.05) is 17.7 Å². The molecule has 62 valence electrons. The van der Waals surface area contributed by atoms with Gasteiger partial charge in [-0.2, -0.15) is 0 Å². The molecule has 0 aromatic heterocycles. The molecule has 0 heterocycles. The van der Waals surface area contributed by atoms with Crippen LogP contribution in [-0.2, 0) is 0 Å². The molecule has 1 heteroatoms. The molecule has 0 atom stereocenters. The minimum absolute atomic E-state index is 1.05. The first-order chi connectivity index (χ1) is 5.65. The van der Waals surface area contributed by atoms with Crippen LogP contribution in [-0.4, -0.2) is 0 Å². The molecule has 0 bridgehead atoms. The van der Waals surface area contributed by atoms with Crippen LogP contribution >= 0.6 is 11.6 Å². The molecule has 0 amide bonds. The molecule has 1 aromatic carbocycles. The smallest absolute Gasteiger partial charge is 0.0316 e. The van der Waals surface area contributed by atoms with Crippen LogP contribution < -0.4 is 0 Å². The summed E-state index contributed by atoms with van der Waals surface area (Å²) in [6.45, 7) is 6.19. The van der Waals surface area contributed by atoms with E-state index in [0.29, 0.717) is 0 Å². The number of aryl methyl sites for hydroxylation is 3. The first-order valence-electron chi connectivity index (χ1n) is 3.84. The Balaban J connectivity index is 3.34. The zero-order valence-electron chi connectivity index (χ0n) is 7.53. The van der Waals surface area contributed by atoms with Gasteiger partial charge in [0.2, 0.25) is 0 Å². The normalized spacial score (nSPS) is 9.00. The number of benzene rings is 1. The second kappa shape index (κ2) is 3.65. The molecular formula is C11H11Cl. The molecule has 0 spiro atoms. The highest BCUT2D eigenvalue weighted by molar-refractivity contribution is 6.30. The Morgan fingerprint density at radius 1 is 1.08 bits per heavy atom. The second-order valence-electron chi connectivity index (χ2n) is 2.99. The molecule has 12 heavy (non-hydrogen) atoms. The Morgan fingerprint density at radius 3 is 2.00 bits per heavy atom. The fraction of sp³-hybridized carbons (Fsp3) is 0.273. The Morgan fingerprint density at radius 2 is 1.58 bits per heavy atom. The first kappa shape index (κ1) is 9.16. The maximum atomic E-state index is 5.36. The predicted molar refractivity (Wildman–Crippen MR) is 53.4 cm³/mol. The van der Waals surface area contributed by atoms with Crippen molar-refractivity contribution in [1.82, 2.24) is 0 Å². The largest absolute Gasteiger partial charge is 0.0551 e. The Bertz CT molecular complexity index is 330. The van der Waals surface area contributed by atoms with Crippen LogP contribution in [0.25, 0.3) is 0 Å². The summed E-state index contributed by atoms with van der Waals surface area (Å²) < 4.78 is 0. The fourth-order valence-electron chi connectivity index (χ4n) is 1.42. The van der Waals surface area contributed by atoms with Crippen LogP contribution in [0.15, 0.2) is 12.1 Å². The summed E-state index contributed by atoms with van der Waals surface area (Å²) >= 11 is 5.36. The molecule has 1 rings (SSSR count). The summed E-state index contributed by atoms with van der Waals surface area (Å²) in [4.78, 5) is 0. The van der Waals surface area contributed by atoms with E-state index in [-0.39, 0.29) is 0 Å². The zero-order valence-corrected chi connectivity index (χ0v) is 8.29. The van der Waals surface area contributed by atoms with Crippen molar-refractivity contribution in [2.24, 2.45) is 0 Å². The lowest BCUT2D eigenvalue weighted by Gasteiger charge is -2.04. The van der Waals surface area contributed by atoms with E-state index in [2.05, 4.69) is 44.2 Å². The van der Waals surface area contributed by atoms with E-state index >= 15 is 0 Å². The molecule has 0 N–H and O–H groups in total. The van der Waals surface area contributed by atoms with Crippen LogP contribution in [0.4, 0.5) is 0 Å². The highest BCUT2D eigenvalue weighted by atomic mass is 35.5. The van der Waals surface area contributed by atoms with Crippen molar-refractivity contribution in [2.75, 3.05) is 0 Å². The molecule has 0 nitrogen and oxygen atoms in total. The predicted octanol–water partition coefficient (Wildman–Crippen LogP) is 3.16. The third-order valence-corrected chi connectivity index (χ3v) is 1.94. The van der Waals surface area contributed by atoms with Crippen LogP contribution in [0.2, 0.25) is 0 Å². The van der Waals surface area contributed by atoms with Crippen LogP contribution in [0.5, 0.6) is 0 Å².